The van der Waals surface area contributed by atoms with E-state index in [0.29, 0.717) is 11.8 Å². The Morgan fingerprint density at radius 3 is 2.12 bits per heavy atom. The number of rotatable bonds is 6. The molecule has 1 heteroatoms. The molecule has 1 nitrogen and oxygen atoms in total. The number of aryl methyl sites for hydroxylation is 1. The molecule has 0 aliphatic heterocycles. The largest absolute Gasteiger partial charge is 0.295 e. The molecule has 0 bridgehead atoms. The number of benzene rings is 2. The Kier molecular flexibility index (Phi) is 7.60. The summed E-state index contributed by atoms with van der Waals surface area (Å²) >= 11 is 0. The zero-order valence-electron chi connectivity index (χ0n) is 28.5. The summed E-state index contributed by atoms with van der Waals surface area (Å²) in [7, 11) is 0. The van der Waals surface area contributed by atoms with Crippen molar-refractivity contribution in [1.29, 1.82) is 0 Å². The maximum Gasteiger partial charge on any atom is 0.160 e. The van der Waals surface area contributed by atoms with Gasteiger partial charge in [-0.3, -0.25) is 4.79 Å². The minimum atomic E-state index is -0.324. The van der Waals surface area contributed by atoms with Crippen LogP contribution in [0.1, 0.15) is 108 Å². The van der Waals surface area contributed by atoms with Crippen molar-refractivity contribution in [3.8, 4) is 0 Å². The molecule has 0 heterocycles. The quantitative estimate of drug-likeness (QED) is 0.315. The Labute approximate surface area is 261 Å². The van der Waals surface area contributed by atoms with Gasteiger partial charge in [0, 0.05) is 16.4 Å². The molecule has 5 rings (SSSR count). The normalized spacial score (nSPS) is 30.2. The third-order valence-electron chi connectivity index (χ3n) is 12.9. The van der Waals surface area contributed by atoms with E-state index < -0.39 is 0 Å². The lowest BCUT2D eigenvalue weighted by molar-refractivity contribution is -0.114. The van der Waals surface area contributed by atoms with Crippen molar-refractivity contribution < 1.29 is 4.79 Å². The highest BCUT2D eigenvalue weighted by molar-refractivity contribution is 6.00. The Hall–Kier alpha value is -3.19. The van der Waals surface area contributed by atoms with E-state index in [1.807, 2.05) is 0 Å². The number of carbonyl (C=O) groups excluding carboxylic acids is 1. The lowest BCUT2D eigenvalue weighted by atomic mass is 9.37. The molecule has 3 aliphatic rings. The van der Waals surface area contributed by atoms with Gasteiger partial charge in [0.05, 0.1) is 0 Å². The number of Topliss-reactive ketones (excluding diaryl/α,β-unsaturated/α-hetero) is 1. The topological polar surface area (TPSA) is 17.1 Å². The Bertz CT molecular complexity index is 1640. The standard InChI is InChI=1S/C42H52O/c1-14-33-15-17-34(18-16-33)21-24(2)22-35-19-20-36-28(6)41(12)32(10)40(11)23-25(3)37(31(9)43)29(7)42(40,13)30(8)39(41)27(5)38(36)26(35)4/h15-20,28,32H,2,5,7,14,21-23H2,1,3-4,6,8-13H3/t28-,32+,40+,41-,42-/m1/s1. The van der Waals surface area contributed by atoms with Crippen LogP contribution in [0.25, 0.3) is 5.57 Å². The Balaban J connectivity index is 1.60. The first-order valence-corrected chi connectivity index (χ1v) is 16.2. The molecule has 0 aromatic heterocycles. The van der Waals surface area contributed by atoms with Gasteiger partial charge in [-0.25, -0.2) is 0 Å². The monoisotopic (exact) mass is 572 g/mol. The SMILES string of the molecule is C=C(Cc1ccc(CC)cc1)Cc1ccc2c(c1C)C(=C)C1=C(C)[C@@]3(C)C(=C)C(C(C)=O)=C(C)C[C@@]3(C)[C@H](C)[C@@]1(C)[C@@H]2C. The van der Waals surface area contributed by atoms with Crippen LogP contribution >= 0.6 is 0 Å². The molecule has 2 aromatic rings. The van der Waals surface area contributed by atoms with Crippen LogP contribution in [0.3, 0.4) is 0 Å². The van der Waals surface area contributed by atoms with Gasteiger partial charge >= 0.3 is 0 Å². The molecule has 226 valence electrons. The predicted octanol–water partition coefficient (Wildman–Crippen LogP) is 10.9. The van der Waals surface area contributed by atoms with Gasteiger partial charge in [0.15, 0.2) is 5.78 Å². The molecule has 0 saturated carbocycles. The first kappa shape index (κ1) is 31.2. The van der Waals surface area contributed by atoms with Gasteiger partial charge in [-0.2, -0.15) is 0 Å². The van der Waals surface area contributed by atoms with Gasteiger partial charge in [0.2, 0.25) is 0 Å². The van der Waals surface area contributed by atoms with Gasteiger partial charge < -0.3 is 0 Å². The summed E-state index contributed by atoms with van der Waals surface area (Å²) in [5, 5.41) is 0. The predicted molar refractivity (Wildman–Crippen MR) is 184 cm³/mol. The van der Waals surface area contributed by atoms with Crippen LogP contribution in [-0.2, 0) is 24.1 Å². The van der Waals surface area contributed by atoms with Crippen molar-refractivity contribution in [3.63, 3.8) is 0 Å². The lowest BCUT2D eigenvalue weighted by Crippen LogP contribution is -2.58. The fraction of sp³-hybridized carbons (Fsp3) is 0.452. The molecular formula is C42H52O. The number of ketones is 1. The van der Waals surface area contributed by atoms with Crippen LogP contribution in [0.4, 0.5) is 0 Å². The maximum atomic E-state index is 12.9. The summed E-state index contributed by atoms with van der Waals surface area (Å²) < 4.78 is 0. The minimum absolute atomic E-state index is 0.0659. The van der Waals surface area contributed by atoms with Gasteiger partial charge in [-0.05, 0) is 121 Å². The maximum absolute atomic E-state index is 12.9. The van der Waals surface area contributed by atoms with Crippen LogP contribution in [-0.4, -0.2) is 5.78 Å². The molecule has 3 aliphatic carbocycles. The van der Waals surface area contributed by atoms with E-state index in [1.54, 1.807) is 6.92 Å². The summed E-state index contributed by atoms with van der Waals surface area (Å²) in [4.78, 5) is 12.9. The first-order chi connectivity index (χ1) is 20.0. The summed E-state index contributed by atoms with van der Waals surface area (Å²) in [5.41, 5.74) is 15.8. The van der Waals surface area contributed by atoms with E-state index in [4.69, 9.17) is 6.58 Å². The van der Waals surface area contributed by atoms with E-state index >= 15 is 0 Å². The van der Waals surface area contributed by atoms with Crippen LogP contribution in [0.2, 0.25) is 0 Å². The molecule has 0 radical (unpaired) electrons. The van der Waals surface area contributed by atoms with E-state index in [2.05, 4.69) is 112 Å². The number of hydrogen-bond donors (Lipinski definition) is 0. The second kappa shape index (κ2) is 10.5. The molecule has 0 N–H and O–H groups in total. The summed E-state index contributed by atoms with van der Waals surface area (Å²) in [5.74, 6) is 0.810. The highest BCUT2D eigenvalue weighted by Crippen LogP contribution is 2.74. The third-order valence-corrected chi connectivity index (χ3v) is 12.9. The molecular weight excluding hydrogens is 520 g/mol. The van der Waals surface area contributed by atoms with Crippen molar-refractivity contribution in [1.82, 2.24) is 0 Å². The fourth-order valence-corrected chi connectivity index (χ4v) is 9.79. The van der Waals surface area contributed by atoms with Crippen molar-refractivity contribution in [3.05, 3.63) is 123 Å². The van der Waals surface area contributed by atoms with E-state index in [0.717, 1.165) is 42.4 Å². The van der Waals surface area contributed by atoms with Crippen LogP contribution in [0.15, 0.2) is 89.6 Å². The highest BCUT2D eigenvalue weighted by Gasteiger charge is 2.65. The summed E-state index contributed by atoms with van der Waals surface area (Å²) in [6, 6.07) is 13.7. The minimum Gasteiger partial charge on any atom is -0.295 e. The smallest absolute Gasteiger partial charge is 0.160 e. The number of hydrogen-bond acceptors (Lipinski definition) is 1. The van der Waals surface area contributed by atoms with Crippen LogP contribution in [0.5, 0.6) is 0 Å². The molecule has 0 saturated heterocycles. The zero-order chi connectivity index (χ0) is 31.8. The van der Waals surface area contributed by atoms with Crippen molar-refractivity contribution in [2.45, 2.75) is 101 Å². The molecule has 0 spiro atoms. The first-order valence-electron chi connectivity index (χ1n) is 16.2. The number of allylic oxidation sites excluding steroid dienone is 7. The van der Waals surface area contributed by atoms with Crippen molar-refractivity contribution in [2.24, 2.45) is 22.2 Å². The van der Waals surface area contributed by atoms with E-state index in [9.17, 15) is 4.79 Å². The van der Waals surface area contributed by atoms with Gasteiger partial charge in [0.1, 0.15) is 0 Å². The van der Waals surface area contributed by atoms with Gasteiger partial charge in [-0.1, -0.05) is 114 Å². The molecule has 5 atom stereocenters. The second-order valence-electron chi connectivity index (χ2n) is 14.7. The Morgan fingerprint density at radius 1 is 0.930 bits per heavy atom. The molecule has 43 heavy (non-hydrogen) atoms. The molecule has 0 unspecified atom stereocenters. The van der Waals surface area contributed by atoms with Gasteiger partial charge in [-0.15, -0.1) is 0 Å². The average Bonchev–Trinajstić information content (AvgIpc) is 2.94. The van der Waals surface area contributed by atoms with Crippen LogP contribution in [0, 0.1) is 29.1 Å². The summed E-state index contributed by atoms with van der Waals surface area (Å²) in [6.07, 6.45) is 3.72. The van der Waals surface area contributed by atoms with E-state index in [1.165, 1.54) is 55.7 Å². The molecule has 2 aromatic carbocycles. The van der Waals surface area contributed by atoms with Gasteiger partial charge in [0.25, 0.3) is 0 Å². The zero-order valence-corrected chi connectivity index (χ0v) is 28.5. The Morgan fingerprint density at radius 2 is 1.53 bits per heavy atom. The average molecular weight is 573 g/mol. The fourth-order valence-electron chi connectivity index (χ4n) is 9.79. The third kappa shape index (κ3) is 4.21. The molecule has 0 fully saturated rings. The molecule has 0 amide bonds. The lowest BCUT2D eigenvalue weighted by Gasteiger charge is -2.66. The summed E-state index contributed by atoms with van der Waals surface area (Å²) in [6.45, 7) is 36.8. The number of fused-ring (bicyclic) bond motifs is 3. The second-order valence-corrected chi connectivity index (χ2v) is 14.7. The van der Waals surface area contributed by atoms with E-state index in [-0.39, 0.29) is 22.0 Å². The van der Waals surface area contributed by atoms with Crippen molar-refractivity contribution >= 4 is 11.4 Å². The number of carbonyl (C=O) groups is 1. The highest BCUT2D eigenvalue weighted by atomic mass is 16.1. The van der Waals surface area contributed by atoms with Crippen LogP contribution < -0.4 is 0 Å². The van der Waals surface area contributed by atoms with Crippen molar-refractivity contribution in [2.75, 3.05) is 0 Å².